The summed E-state index contributed by atoms with van der Waals surface area (Å²) in [5, 5.41) is 3.12. The molecule has 0 heterocycles. The average molecular weight is 284 g/mol. The summed E-state index contributed by atoms with van der Waals surface area (Å²) in [5.74, 6) is -0.0230. The Morgan fingerprint density at radius 3 is 2.50 bits per heavy atom. The molecule has 1 amide bonds. The Morgan fingerprint density at radius 1 is 1.15 bits per heavy atom. The molecular formula is C15H28N2O3. The zero-order valence-electron chi connectivity index (χ0n) is 12.8. The van der Waals surface area contributed by atoms with Gasteiger partial charge in [-0.3, -0.25) is 9.59 Å². The van der Waals surface area contributed by atoms with Crippen LogP contribution in [0.4, 0.5) is 0 Å². The average Bonchev–Trinajstić information content (AvgIpc) is 2.46. The largest absolute Gasteiger partial charge is 0.469 e. The van der Waals surface area contributed by atoms with Gasteiger partial charge in [0.05, 0.1) is 7.11 Å². The number of ether oxygens (including phenoxy) is 1. The van der Waals surface area contributed by atoms with Crippen LogP contribution in [0.25, 0.3) is 0 Å². The van der Waals surface area contributed by atoms with E-state index in [4.69, 9.17) is 0 Å². The van der Waals surface area contributed by atoms with Crippen molar-refractivity contribution < 1.29 is 14.3 Å². The Hall–Kier alpha value is -1.10. The highest BCUT2D eigenvalue weighted by Crippen LogP contribution is 2.17. The van der Waals surface area contributed by atoms with Crippen LogP contribution in [0.3, 0.4) is 0 Å². The van der Waals surface area contributed by atoms with E-state index < -0.39 is 0 Å². The molecule has 0 saturated heterocycles. The highest BCUT2D eigenvalue weighted by atomic mass is 16.5. The fourth-order valence-electron chi connectivity index (χ4n) is 2.55. The Labute approximate surface area is 122 Å². The van der Waals surface area contributed by atoms with Crippen molar-refractivity contribution in [3.05, 3.63) is 0 Å². The highest BCUT2D eigenvalue weighted by molar-refractivity contribution is 5.76. The van der Waals surface area contributed by atoms with Crippen LogP contribution in [-0.2, 0) is 14.3 Å². The monoisotopic (exact) mass is 284 g/mol. The van der Waals surface area contributed by atoms with Crippen molar-refractivity contribution in [3.8, 4) is 0 Å². The van der Waals surface area contributed by atoms with Crippen LogP contribution in [-0.4, -0.2) is 50.1 Å². The minimum Gasteiger partial charge on any atom is -0.469 e. The van der Waals surface area contributed by atoms with Crippen LogP contribution >= 0.6 is 0 Å². The molecule has 5 heteroatoms. The maximum absolute atomic E-state index is 11.8. The van der Waals surface area contributed by atoms with Crippen molar-refractivity contribution in [2.75, 3.05) is 27.2 Å². The summed E-state index contributed by atoms with van der Waals surface area (Å²) < 4.78 is 4.59. The van der Waals surface area contributed by atoms with Gasteiger partial charge in [-0.1, -0.05) is 19.3 Å². The van der Waals surface area contributed by atoms with Crippen LogP contribution in [0.2, 0.25) is 0 Å². The van der Waals surface area contributed by atoms with E-state index in [1.165, 1.54) is 26.4 Å². The van der Waals surface area contributed by atoms with Gasteiger partial charge < -0.3 is 15.0 Å². The van der Waals surface area contributed by atoms with Gasteiger partial charge in [0, 0.05) is 25.4 Å². The number of carbonyl (C=O) groups is 2. The second kappa shape index (κ2) is 9.75. The van der Waals surface area contributed by atoms with Crippen molar-refractivity contribution in [1.29, 1.82) is 0 Å². The van der Waals surface area contributed by atoms with Crippen molar-refractivity contribution >= 4 is 11.9 Å². The SMILES string of the molecule is COC(=O)CCCN(C)CCC(=O)NC1CCCCC1. The first kappa shape index (κ1) is 17.0. The van der Waals surface area contributed by atoms with Gasteiger partial charge in [-0.15, -0.1) is 0 Å². The van der Waals surface area contributed by atoms with E-state index in [9.17, 15) is 9.59 Å². The van der Waals surface area contributed by atoms with Crippen LogP contribution in [0.5, 0.6) is 0 Å². The second-order valence-corrected chi connectivity index (χ2v) is 5.64. The summed E-state index contributed by atoms with van der Waals surface area (Å²) in [4.78, 5) is 24.9. The summed E-state index contributed by atoms with van der Waals surface area (Å²) in [6.07, 6.45) is 7.77. The molecule has 1 saturated carbocycles. The Balaban J connectivity index is 2.05. The van der Waals surface area contributed by atoms with E-state index in [1.54, 1.807) is 0 Å². The van der Waals surface area contributed by atoms with E-state index in [0.29, 0.717) is 18.9 Å². The summed E-state index contributed by atoms with van der Waals surface area (Å²) in [5.41, 5.74) is 0. The molecule has 0 unspecified atom stereocenters. The lowest BCUT2D eigenvalue weighted by molar-refractivity contribution is -0.140. The van der Waals surface area contributed by atoms with E-state index in [-0.39, 0.29) is 11.9 Å². The summed E-state index contributed by atoms with van der Waals surface area (Å²) in [6.45, 7) is 1.55. The van der Waals surface area contributed by atoms with Crippen LogP contribution < -0.4 is 5.32 Å². The lowest BCUT2D eigenvalue weighted by Gasteiger charge is -2.23. The van der Waals surface area contributed by atoms with Gasteiger partial charge in [-0.05, 0) is 32.9 Å². The number of amides is 1. The van der Waals surface area contributed by atoms with Crippen molar-refractivity contribution in [3.63, 3.8) is 0 Å². The van der Waals surface area contributed by atoms with E-state index in [0.717, 1.165) is 32.4 Å². The normalized spacial score (nSPS) is 16.1. The fraction of sp³-hybridized carbons (Fsp3) is 0.867. The Morgan fingerprint density at radius 2 is 1.85 bits per heavy atom. The first-order chi connectivity index (χ1) is 9.61. The minimum absolute atomic E-state index is 0.150. The molecule has 0 spiro atoms. The Kier molecular flexibility index (Phi) is 8.26. The van der Waals surface area contributed by atoms with Gasteiger partial charge in [0.2, 0.25) is 5.91 Å². The molecule has 116 valence electrons. The van der Waals surface area contributed by atoms with Gasteiger partial charge in [-0.2, -0.15) is 0 Å². The van der Waals surface area contributed by atoms with Crippen LogP contribution in [0, 0.1) is 0 Å². The first-order valence-corrected chi connectivity index (χ1v) is 7.66. The maximum atomic E-state index is 11.8. The molecule has 1 fully saturated rings. The molecule has 0 aromatic carbocycles. The molecule has 20 heavy (non-hydrogen) atoms. The topological polar surface area (TPSA) is 58.6 Å². The third-order valence-corrected chi connectivity index (χ3v) is 3.84. The molecule has 1 aliphatic rings. The lowest BCUT2D eigenvalue weighted by atomic mass is 9.95. The van der Waals surface area contributed by atoms with Crippen molar-refractivity contribution in [1.82, 2.24) is 10.2 Å². The number of nitrogens with zero attached hydrogens (tertiary/aromatic N) is 1. The van der Waals surface area contributed by atoms with Gasteiger partial charge in [0.15, 0.2) is 0 Å². The van der Waals surface area contributed by atoms with E-state index in [2.05, 4.69) is 15.0 Å². The minimum atomic E-state index is -0.173. The zero-order chi connectivity index (χ0) is 14.8. The number of nitrogens with one attached hydrogen (secondary N) is 1. The maximum Gasteiger partial charge on any atom is 0.305 e. The molecule has 1 aliphatic carbocycles. The summed E-state index contributed by atoms with van der Waals surface area (Å²) >= 11 is 0. The molecule has 0 aromatic rings. The number of hydrogen-bond acceptors (Lipinski definition) is 4. The first-order valence-electron chi connectivity index (χ1n) is 7.66. The van der Waals surface area contributed by atoms with Gasteiger partial charge >= 0.3 is 5.97 Å². The molecule has 1 N–H and O–H groups in total. The summed E-state index contributed by atoms with van der Waals surface area (Å²) in [6, 6.07) is 0.390. The van der Waals surface area contributed by atoms with E-state index >= 15 is 0 Å². The van der Waals surface area contributed by atoms with Gasteiger partial charge in [-0.25, -0.2) is 0 Å². The van der Waals surface area contributed by atoms with Gasteiger partial charge in [0.25, 0.3) is 0 Å². The molecule has 0 radical (unpaired) electrons. The summed E-state index contributed by atoms with van der Waals surface area (Å²) in [7, 11) is 3.38. The fourth-order valence-corrected chi connectivity index (χ4v) is 2.55. The third-order valence-electron chi connectivity index (χ3n) is 3.84. The van der Waals surface area contributed by atoms with Crippen LogP contribution in [0.15, 0.2) is 0 Å². The second-order valence-electron chi connectivity index (χ2n) is 5.64. The van der Waals surface area contributed by atoms with E-state index in [1.807, 2.05) is 7.05 Å². The molecule has 0 aliphatic heterocycles. The molecular weight excluding hydrogens is 256 g/mol. The van der Waals surface area contributed by atoms with Gasteiger partial charge in [0.1, 0.15) is 0 Å². The number of hydrogen-bond donors (Lipinski definition) is 1. The number of methoxy groups -OCH3 is 1. The predicted molar refractivity (Wildman–Crippen MR) is 78.4 cm³/mol. The smallest absolute Gasteiger partial charge is 0.305 e. The van der Waals surface area contributed by atoms with Crippen molar-refractivity contribution in [2.24, 2.45) is 0 Å². The third kappa shape index (κ3) is 7.48. The highest BCUT2D eigenvalue weighted by Gasteiger charge is 2.15. The molecule has 0 aromatic heterocycles. The number of esters is 1. The number of rotatable bonds is 8. The van der Waals surface area contributed by atoms with Crippen molar-refractivity contribution in [2.45, 2.75) is 57.4 Å². The Bertz CT molecular complexity index is 301. The predicted octanol–water partition coefficient (Wildman–Crippen LogP) is 1.71. The molecule has 0 atom stereocenters. The quantitative estimate of drug-likeness (QED) is 0.689. The lowest BCUT2D eigenvalue weighted by Crippen LogP contribution is -2.37. The van der Waals surface area contributed by atoms with Crippen LogP contribution in [0.1, 0.15) is 51.4 Å². The standard InChI is InChI=1S/C15H28N2O3/c1-17(11-6-9-15(19)20-2)12-10-14(18)16-13-7-4-3-5-8-13/h13H,3-12H2,1-2H3,(H,16,18). The zero-order valence-corrected chi connectivity index (χ0v) is 12.8. The molecule has 0 bridgehead atoms. The molecule has 5 nitrogen and oxygen atoms in total. The number of carbonyl (C=O) groups excluding carboxylic acids is 2. The molecule has 1 rings (SSSR count).